The number of anilines is 2. The largest absolute Gasteiger partial charge is 0.448 e. The van der Waals surface area contributed by atoms with Crippen molar-refractivity contribution in [2.75, 3.05) is 10.0 Å². The number of carbonyl (C=O) groups is 2. The number of halogens is 1. The smallest absolute Gasteiger partial charge is 0.356 e. The monoisotopic (exact) mass is 645 g/mol. The van der Waals surface area contributed by atoms with Gasteiger partial charge in [0, 0.05) is 23.7 Å². The van der Waals surface area contributed by atoms with E-state index in [4.69, 9.17) is 16.3 Å². The van der Waals surface area contributed by atoms with Gasteiger partial charge in [-0.3, -0.25) is 14.3 Å². The fourth-order valence-corrected chi connectivity index (χ4v) is 5.83. The predicted molar refractivity (Wildman–Crippen MR) is 172 cm³/mol. The summed E-state index contributed by atoms with van der Waals surface area (Å²) in [6, 6.07) is 22.7. The Labute approximate surface area is 263 Å². The van der Waals surface area contributed by atoms with Gasteiger partial charge in [0.15, 0.2) is 17.1 Å². The van der Waals surface area contributed by atoms with Crippen LogP contribution in [-0.2, 0) is 26.6 Å². The molecule has 5 aromatic rings. The van der Waals surface area contributed by atoms with Gasteiger partial charge in [-0.15, -0.1) is 10.2 Å². The van der Waals surface area contributed by atoms with Gasteiger partial charge in [-0.2, -0.15) is 0 Å². The second-order valence-corrected chi connectivity index (χ2v) is 12.2. The molecule has 0 aliphatic heterocycles. The molecular formula is C32H28ClN5O6S. The second kappa shape index (κ2) is 12.9. The van der Waals surface area contributed by atoms with E-state index in [0.717, 1.165) is 5.56 Å². The predicted octanol–water partition coefficient (Wildman–Crippen LogP) is 5.33. The molecule has 0 spiro atoms. The van der Waals surface area contributed by atoms with Gasteiger partial charge in [0.1, 0.15) is 5.69 Å². The molecule has 3 aromatic carbocycles. The third-order valence-electron chi connectivity index (χ3n) is 7.05. The summed E-state index contributed by atoms with van der Waals surface area (Å²) in [7, 11) is -2.50. The zero-order valence-electron chi connectivity index (χ0n) is 24.4. The number of carbonyl (C=O) groups excluding carboxylic acids is 2. The number of aromatic nitrogens is 3. The molecule has 230 valence electrons. The number of hydrogen-bond donors (Lipinski definition) is 2. The standard InChI is InChI=1S/C32H28ClN5O6S/c1-4-25(30(39)34-21-13-15-22(16-14-21)45(42,43)37-27-18-17-26(33)35-36-27)44-32(41)29-28(20-11-9-19(2)10-12-20)23-7-5-6-8-24(23)31(40)38(29)3/h5-18,25H,4H2,1-3H3,(H,34,39)(H,36,37). The molecule has 11 nitrogen and oxygen atoms in total. The summed E-state index contributed by atoms with van der Waals surface area (Å²) in [5.41, 5.74) is 2.17. The summed E-state index contributed by atoms with van der Waals surface area (Å²) in [5, 5.41) is 11.1. The first-order valence-electron chi connectivity index (χ1n) is 13.8. The van der Waals surface area contributed by atoms with E-state index >= 15 is 0 Å². The molecule has 0 aliphatic carbocycles. The van der Waals surface area contributed by atoms with Gasteiger partial charge in [-0.25, -0.2) is 13.2 Å². The van der Waals surface area contributed by atoms with E-state index in [2.05, 4.69) is 20.2 Å². The molecule has 5 rings (SSSR count). The summed E-state index contributed by atoms with van der Waals surface area (Å²) in [6.45, 7) is 3.63. The lowest BCUT2D eigenvalue weighted by Crippen LogP contribution is -2.34. The summed E-state index contributed by atoms with van der Waals surface area (Å²) in [6.07, 6.45) is -1.07. The minimum absolute atomic E-state index is 0.0150. The molecule has 1 atom stereocenters. The first-order chi connectivity index (χ1) is 21.5. The number of pyridine rings is 1. The Morgan fingerprint density at radius 1 is 0.933 bits per heavy atom. The average molecular weight is 646 g/mol. The molecular weight excluding hydrogens is 618 g/mol. The number of esters is 1. The molecule has 2 heterocycles. The number of hydrogen-bond acceptors (Lipinski definition) is 8. The highest BCUT2D eigenvalue weighted by Crippen LogP contribution is 2.31. The fraction of sp³-hybridized carbons (Fsp3) is 0.156. The molecule has 0 radical (unpaired) electrons. The Kier molecular flexibility index (Phi) is 8.98. The molecule has 0 saturated carbocycles. The van der Waals surface area contributed by atoms with E-state index in [0.29, 0.717) is 21.9 Å². The molecule has 13 heteroatoms. The van der Waals surface area contributed by atoms with Crippen LogP contribution in [0.3, 0.4) is 0 Å². The van der Waals surface area contributed by atoms with Crippen LogP contribution in [0.5, 0.6) is 0 Å². The van der Waals surface area contributed by atoms with E-state index < -0.39 is 28.0 Å². The third kappa shape index (κ3) is 6.71. The molecule has 0 saturated heterocycles. The van der Waals surface area contributed by atoms with Gasteiger partial charge in [-0.1, -0.05) is 66.6 Å². The van der Waals surface area contributed by atoms with Crippen molar-refractivity contribution in [2.45, 2.75) is 31.3 Å². The molecule has 0 fully saturated rings. The number of amides is 1. The first-order valence-corrected chi connectivity index (χ1v) is 15.7. The van der Waals surface area contributed by atoms with Gasteiger partial charge in [0.2, 0.25) is 0 Å². The van der Waals surface area contributed by atoms with Gasteiger partial charge in [0.05, 0.1) is 4.90 Å². The third-order valence-corrected chi connectivity index (χ3v) is 8.63. The first kappa shape index (κ1) is 31.4. The topological polar surface area (TPSA) is 149 Å². The van der Waals surface area contributed by atoms with E-state index in [1.165, 1.54) is 48.0 Å². The average Bonchev–Trinajstić information content (AvgIpc) is 3.03. The zero-order chi connectivity index (χ0) is 32.3. The van der Waals surface area contributed by atoms with Crippen LogP contribution >= 0.6 is 11.6 Å². The maximum atomic E-state index is 13.7. The van der Waals surface area contributed by atoms with E-state index in [1.54, 1.807) is 31.2 Å². The summed E-state index contributed by atoms with van der Waals surface area (Å²) in [5.74, 6) is -1.48. The van der Waals surface area contributed by atoms with Crippen molar-refractivity contribution >= 4 is 55.8 Å². The Morgan fingerprint density at radius 3 is 2.22 bits per heavy atom. The second-order valence-electron chi connectivity index (χ2n) is 10.2. The molecule has 45 heavy (non-hydrogen) atoms. The molecule has 0 bridgehead atoms. The Hall–Kier alpha value is -5.07. The lowest BCUT2D eigenvalue weighted by molar-refractivity contribution is -0.124. The van der Waals surface area contributed by atoms with Gasteiger partial charge >= 0.3 is 5.97 Å². The number of ether oxygens (including phenoxy) is 1. The number of rotatable bonds is 9. The Balaban J connectivity index is 1.38. The Bertz CT molecular complexity index is 2060. The highest BCUT2D eigenvalue weighted by Gasteiger charge is 2.28. The van der Waals surface area contributed by atoms with Gasteiger partial charge in [-0.05, 0) is 66.8 Å². The van der Waals surface area contributed by atoms with Crippen LogP contribution in [0.4, 0.5) is 11.5 Å². The van der Waals surface area contributed by atoms with Crippen molar-refractivity contribution in [3.63, 3.8) is 0 Å². The van der Waals surface area contributed by atoms with Crippen LogP contribution in [-0.4, -0.2) is 41.2 Å². The van der Waals surface area contributed by atoms with E-state index in [9.17, 15) is 22.8 Å². The number of sulfonamides is 1. The molecule has 0 aliphatic rings. The maximum Gasteiger partial charge on any atom is 0.356 e. The van der Waals surface area contributed by atoms with Crippen LogP contribution in [0.2, 0.25) is 5.15 Å². The molecule has 2 aromatic heterocycles. The molecule has 1 amide bonds. The lowest BCUT2D eigenvalue weighted by Gasteiger charge is -2.20. The number of aryl methyl sites for hydroxylation is 1. The van der Waals surface area contributed by atoms with Crippen LogP contribution in [0.15, 0.2) is 94.6 Å². The van der Waals surface area contributed by atoms with Gasteiger partial charge < -0.3 is 14.6 Å². The van der Waals surface area contributed by atoms with Crippen molar-refractivity contribution < 1.29 is 22.7 Å². The van der Waals surface area contributed by atoms with Crippen LogP contribution < -0.4 is 15.6 Å². The number of benzene rings is 3. The van der Waals surface area contributed by atoms with Crippen LogP contribution in [0.1, 0.15) is 29.4 Å². The van der Waals surface area contributed by atoms with Gasteiger partial charge in [0.25, 0.3) is 21.5 Å². The Morgan fingerprint density at radius 2 is 1.60 bits per heavy atom. The van der Waals surface area contributed by atoms with E-state index in [-0.39, 0.29) is 39.2 Å². The lowest BCUT2D eigenvalue weighted by atomic mass is 9.96. The number of nitrogens with zero attached hydrogens (tertiary/aromatic N) is 3. The van der Waals surface area contributed by atoms with Crippen molar-refractivity contribution in [3.05, 3.63) is 112 Å². The van der Waals surface area contributed by atoms with Crippen molar-refractivity contribution in [1.82, 2.24) is 14.8 Å². The highest BCUT2D eigenvalue weighted by molar-refractivity contribution is 7.92. The zero-order valence-corrected chi connectivity index (χ0v) is 26.0. The molecule has 2 N–H and O–H groups in total. The quantitative estimate of drug-likeness (QED) is 0.204. The van der Waals surface area contributed by atoms with Crippen molar-refractivity contribution in [2.24, 2.45) is 7.05 Å². The number of fused-ring (bicyclic) bond motifs is 1. The summed E-state index contributed by atoms with van der Waals surface area (Å²) >= 11 is 5.69. The van der Waals surface area contributed by atoms with Crippen LogP contribution in [0.25, 0.3) is 21.9 Å². The van der Waals surface area contributed by atoms with Crippen molar-refractivity contribution in [1.29, 1.82) is 0 Å². The maximum absolute atomic E-state index is 13.7. The minimum Gasteiger partial charge on any atom is -0.448 e. The van der Waals surface area contributed by atoms with E-state index in [1.807, 2.05) is 31.2 Å². The molecule has 1 unspecified atom stereocenters. The number of nitrogens with one attached hydrogen (secondary N) is 2. The summed E-state index contributed by atoms with van der Waals surface area (Å²) in [4.78, 5) is 40.1. The van der Waals surface area contributed by atoms with Crippen LogP contribution in [0, 0.1) is 6.92 Å². The summed E-state index contributed by atoms with van der Waals surface area (Å²) < 4.78 is 34.7. The highest BCUT2D eigenvalue weighted by atomic mass is 35.5. The minimum atomic E-state index is -4.00. The fourth-order valence-electron chi connectivity index (χ4n) is 4.73. The van der Waals surface area contributed by atoms with Crippen molar-refractivity contribution in [3.8, 4) is 11.1 Å². The normalized spacial score (nSPS) is 12.0. The SMILES string of the molecule is CCC(OC(=O)c1c(-c2ccc(C)cc2)c2ccccc2c(=O)n1C)C(=O)Nc1ccc(S(=O)(=O)Nc2ccc(Cl)nn2)cc1.